The van der Waals surface area contributed by atoms with E-state index in [2.05, 4.69) is 69.9 Å². The van der Waals surface area contributed by atoms with Crippen molar-refractivity contribution >= 4 is 19.4 Å². The first-order valence-corrected chi connectivity index (χ1v) is 9.29. The molecule has 2 rings (SSSR count). The quantitative estimate of drug-likeness (QED) is 0.771. The van der Waals surface area contributed by atoms with Crippen LogP contribution in [0.4, 0.5) is 0 Å². The molecule has 1 fully saturated rings. The summed E-state index contributed by atoms with van der Waals surface area (Å²) >= 11 is 0.607. The Morgan fingerprint density at radius 2 is 1.84 bits per heavy atom. The van der Waals surface area contributed by atoms with Gasteiger partial charge in [-0.1, -0.05) is 0 Å². The van der Waals surface area contributed by atoms with Crippen LogP contribution in [0.3, 0.4) is 0 Å². The molecule has 1 aliphatic heterocycles. The fourth-order valence-corrected chi connectivity index (χ4v) is 5.21. The molecule has 0 aliphatic carbocycles. The van der Waals surface area contributed by atoms with Crippen molar-refractivity contribution in [2.24, 2.45) is 5.41 Å². The molecule has 2 heteroatoms. The van der Waals surface area contributed by atoms with E-state index in [4.69, 9.17) is 0 Å². The summed E-state index contributed by atoms with van der Waals surface area (Å²) in [5.74, 6) is 0. The molecule has 0 N–H and O–H groups in total. The van der Waals surface area contributed by atoms with Crippen LogP contribution in [0.15, 0.2) is 30.3 Å². The Labute approximate surface area is 124 Å². The standard InChI is InChI=1S/C17H27NSe/c1-16(2,3)18-13-17(4,5)11-14(18)12-19-15-9-7-6-8-10-15/h6-10,14H,11-13H2,1-5H3. The van der Waals surface area contributed by atoms with E-state index in [1.807, 2.05) is 0 Å². The summed E-state index contributed by atoms with van der Waals surface area (Å²) in [6.07, 6.45) is 1.35. The van der Waals surface area contributed by atoms with Crippen molar-refractivity contribution in [3.8, 4) is 0 Å². The van der Waals surface area contributed by atoms with Crippen LogP contribution < -0.4 is 4.46 Å². The van der Waals surface area contributed by atoms with Crippen molar-refractivity contribution in [3.05, 3.63) is 30.3 Å². The van der Waals surface area contributed by atoms with Crippen molar-refractivity contribution < 1.29 is 0 Å². The minimum absolute atomic E-state index is 0.297. The average molecular weight is 324 g/mol. The van der Waals surface area contributed by atoms with Crippen LogP contribution >= 0.6 is 0 Å². The topological polar surface area (TPSA) is 3.24 Å². The van der Waals surface area contributed by atoms with Gasteiger partial charge in [0.1, 0.15) is 0 Å². The van der Waals surface area contributed by atoms with Crippen LogP contribution in [0.1, 0.15) is 41.0 Å². The third kappa shape index (κ3) is 4.08. The Kier molecular flexibility index (Phi) is 4.45. The van der Waals surface area contributed by atoms with Gasteiger partial charge in [0.15, 0.2) is 0 Å². The molecule has 0 spiro atoms. The summed E-state index contributed by atoms with van der Waals surface area (Å²) in [4.78, 5) is 2.73. The average Bonchev–Trinajstić information content (AvgIpc) is 2.63. The SMILES string of the molecule is CC1(C)CC(C[Se]c2ccccc2)N(C(C)(C)C)C1. The minimum atomic E-state index is 0.297. The zero-order valence-electron chi connectivity index (χ0n) is 12.9. The molecule has 0 aromatic heterocycles. The summed E-state index contributed by atoms with van der Waals surface area (Å²) in [5.41, 5.74) is 0.774. The molecule has 1 saturated heterocycles. The monoisotopic (exact) mass is 325 g/mol. The summed E-state index contributed by atoms with van der Waals surface area (Å²) in [6, 6.07) is 11.8. The first kappa shape index (κ1) is 15.1. The number of rotatable bonds is 3. The summed E-state index contributed by atoms with van der Waals surface area (Å²) in [7, 11) is 0. The van der Waals surface area contributed by atoms with Gasteiger partial charge in [-0.3, -0.25) is 0 Å². The van der Waals surface area contributed by atoms with E-state index in [-0.39, 0.29) is 0 Å². The molecular formula is C17H27NSe. The predicted octanol–water partition coefficient (Wildman–Crippen LogP) is 3.33. The molecule has 1 unspecified atom stereocenters. The first-order chi connectivity index (χ1) is 8.78. The van der Waals surface area contributed by atoms with E-state index < -0.39 is 0 Å². The zero-order valence-corrected chi connectivity index (χ0v) is 14.7. The van der Waals surface area contributed by atoms with E-state index in [1.165, 1.54) is 22.7 Å². The molecule has 19 heavy (non-hydrogen) atoms. The second-order valence-corrected chi connectivity index (χ2v) is 9.74. The fourth-order valence-electron chi connectivity index (χ4n) is 3.05. The van der Waals surface area contributed by atoms with Crippen molar-refractivity contribution in [3.63, 3.8) is 0 Å². The van der Waals surface area contributed by atoms with E-state index in [9.17, 15) is 0 Å². The van der Waals surface area contributed by atoms with Crippen molar-refractivity contribution in [1.29, 1.82) is 0 Å². The Hall–Kier alpha value is -0.301. The molecule has 0 radical (unpaired) electrons. The van der Waals surface area contributed by atoms with Crippen LogP contribution in [-0.2, 0) is 0 Å². The zero-order chi connectivity index (χ0) is 14.1. The van der Waals surface area contributed by atoms with E-state index >= 15 is 0 Å². The predicted molar refractivity (Wildman–Crippen MR) is 85.3 cm³/mol. The van der Waals surface area contributed by atoms with Crippen LogP contribution in [-0.4, -0.2) is 38.0 Å². The van der Waals surface area contributed by atoms with E-state index in [0.717, 1.165) is 6.04 Å². The van der Waals surface area contributed by atoms with E-state index in [0.29, 0.717) is 25.9 Å². The molecule has 1 aliphatic rings. The Balaban J connectivity index is 2.01. The maximum absolute atomic E-state index is 2.73. The van der Waals surface area contributed by atoms with Gasteiger partial charge in [-0.2, -0.15) is 0 Å². The molecular weight excluding hydrogens is 297 g/mol. The Bertz CT molecular complexity index is 405. The van der Waals surface area contributed by atoms with Gasteiger partial charge in [-0.25, -0.2) is 0 Å². The third-order valence-electron chi connectivity index (χ3n) is 3.87. The van der Waals surface area contributed by atoms with Gasteiger partial charge in [0, 0.05) is 0 Å². The number of hydrogen-bond donors (Lipinski definition) is 0. The van der Waals surface area contributed by atoms with Gasteiger partial charge in [0.25, 0.3) is 0 Å². The van der Waals surface area contributed by atoms with Crippen molar-refractivity contribution in [1.82, 2.24) is 4.90 Å². The normalized spacial score (nSPS) is 23.7. The molecule has 0 saturated carbocycles. The van der Waals surface area contributed by atoms with Gasteiger partial charge in [0.05, 0.1) is 0 Å². The number of hydrogen-bond acceptors (Lipinski definition) is 1. The van der Waals surface area contributed by atoms with Gasteiger partial charge < -0.3 is 0 Å². The summed E-state index contributed by atoms with van der Waals surface area (Å²) < 4.78 is 1.54. The van der Waals surface area contributed by atoms with Crippen LogP contribution in [0.2, 0.25) is 5.32 Å². The van der Waals surface area contributed by atoms with Crippen molar-refractivity contribution in [2.45, 2.75) is 57.9 Å². The second kappa shape index (κ2) is 5.60. The maximum atomic E-state index is 2.73. The molecule has 1 atom stereocenters. The van der Waals surface area contributed by atoms with Gasteiger partial charge in [-0.05, 0) is 0 Å². The van der Waals surface area contributed by atoms with E-state index in [1.54, 1.807) is 0 Å². The summed E-state index contributed by atoms with van der Waals surface area (Å²) in [6.45, 7) is 13.2. The van der Waals surface area contributed by atoms with Gasteiger partial charge in [0.2, 0.25) is 0 Å². The first-order valence-electron chi connectivity index (χ1n) is 7.23. The molecule has 0 bridgehead atoms. The third-order valence-corrected chi connectivity index (χ3v) is 6.30. The fraction of sp³-hybridized carbons (Fsp3) is 0.647. The second-order valence-electron chi connectivity index (χ2n) is 7.44. The van der Waals surface area contributed by atoms with Crippen LogP contribution in [0.25, 0.3) is 0 Å². The van der Waals surface area contributed by atoms with Crippen LogP contribution in [0.5, 0.6) is 0 Å². The number of likely N-dealkylation sites (tertiary alicyclic amines) is 1. The molecule has 106 valence electrons. The number of nitrogens with zero attached hydrogens (tertiary/aromatic N) is 1. The Morgan fingerprint density at radius 3 is 2.42 bits per heavy atom. The van der Waals surface area contributed by atoms with Gasteiger partial charge in [-0.15, -0.1) is 0 Å². The molecule has 1 aromatic rings. The van der Waals surface area contributed by atoms with Gasteiger partial charge >= 0.3 is 125 Å². The molecule has 0 amide bonds. The molecule has 1 heterocycles. The van der Waals surface area contributed by atoms with Crippen LogP contribution in [0, 0.1) is 5.41 Å². The molecule has 1 aromatic carbocycles. The van der Waals surface area contributed by atoms with Crippen molar-refractivity contribution in [2.75, 3.05) is 6.54 Å². The number of benzene rings is 1. The summed E-state index contributed by atoms with van der Waals surface area (Å²) in [5, 5.41) is 1.34. The molecule has 1 nitrogen and oxygen atoms in total. The Morgan fingerprint density at radius 1 is 1.21 bits per heavy atom.